The van der Waals surface area contributed by atoms with Crippen LogP contribution in [-0.4, -0.2) is 9.97 Å². The van der Waals surface area contributed by atoms with Crippen LogP contribution >= 0.6 is 11.8 Å². The van der Waals surface area contributed by atoms with Crippen molar-refractivity contribution in [3.63, 3.8) is 0 Å². The first-order valence-electron chi connectivity index (χ1n) is 5.33. The van der Waals surface area contributed by atoms with Crippen LogP contribution < -0.4 is 5.73 Å². The molecule has 1 aromatic heterocycles. The van der Waals surface area contributed by atoms with Crippen molar-refractivity contribution in [1.82, 2.24) is 9.97 Å². The fraction of sp³-hybridized carbons (Fsp3) is 0.167. The highest BCUT2D eigenvalue weighted by molar-refractivity contribution is 7.98. The molecule has 7 heteroatoms. The number of nitrogens with zero attached hydrogens (tertiary/aromatic N) is 2. The van der Waals surface area contributed by atoms with Crippen molar-refractivity contribution in [2.45, 2.75) is 17.0 Å². The maximum Gasteiger partial charge on any atom is 0.433 e. The number of nitrogen functional groups attached to an aromatic ring is 1. The maximum atomic E-state index is 12.6. The van der Waals surface area contributed by atoms with Crippen LogP contribution in [0.25, 0.3) is 0 Å². The molecule has 100 valence electrons. The lowest BCUT2D eigenvalue weighted by molar-refractivity contribution is -0.141. The van der Waals surface area contributed by atoms with Crippen LogP contribution in [0.4, 0.5) is 19.1 Å². The van der Waals surface area contributed by atoms with Crippen LogP contribution in [0.3, 0.4) is 0 Å². The van der Waals surface area contributed by atoms with Crippen molar-refractivity contribution in [2.75, 3.05) is 5.73 Å². The van der Waals surface area contributed by atoms with E-state index in [4.69, 9.17) is 5.73 Å². The number of hydrogen-bond acceptors (Lipinski definition) is 4. The molecule has 0 aliphatic carbocycles. The van der Waals surface area contributed by atoms with Gasteiger partial charge in [0.05, 0.1) is 0 Å². The van der Waals surface area contributed by atoms with E-state index in [1.165, 1.54) is 11.8 Å². The number of nitrogens with two attached hydrogens (primary N) is 1. The highest BCUT2D eigenvalue weighted by Gasteiger charge is 2.33. The van der Waals surface area contributed by atoms with Gasteiger partial charge in [-0.1, -0.05) is 30.3 Å². The summed E-state index contributed by atoms with van der Waals surface area (Å²) >= 11 is 1.19. The second-order valence-corrected chi connectivity index (χ2v) is 4.72. The summed E-state index contributed by atoms with van der Waals surface area (Å²) in [4.78, 5) is 6.98. The molecule has 0 fully saturated rings. The van der Waals surface area contributed by atoms with Gasteiger partial charge in [-0.05, 0) is 5.56 Å². The Hall–Kier alpha value is -1.76. The molecule has 0 radical (unpaired) electrons. The maximum absolute atomic E-state index is 12.6. The van der Waals surface area contributed by atoms with Crippen LogP contribution in [0.15, 0.2) is 41.4 Å². The molecule has 0 atom stereocenters. The zero-order valence-corrected chi connectivity index (χ0v) is 10.5. The number of rotatable bonds is 3. The molecular formula is C12H10F3N3S. The highest BCUT2D eigenvalue weighted by atomic mass is 32.2. The summed E-state index contributed by atoms with van der Waals surface area (Å²) in [5, 5.41) is 0.212. The molecule has 0 saturated carbocycles. The Morgan fingerprint density at radius 3 is 2.42 bits per heavy atom. The molecule has 0 bridgehead atoms. The number of hydrogen-bond donors (Lipinski definition) is 1. The lowest BCUT2D eigenvalue weighted by Crippen LogP contribution is -2.11. The molecule has 3 nitrogen and oxygen atoms in total. The second kappa shape index (κ2) is 5.48. The molecule has 0 unspecified atom stereocenters. The van der Waals surface area contributed by atoms with Crippen molar-refractivity contribution in [3.8, 4) is 0 Å². The topological polar surface area (TPSA) is 51.8 Å². The van der Waals surface area contributed by atoms with Gasteiger partial charge in [0, 0.05) is 11.8 Å². The Morgan fingerprint density at radius 1 is 1.11 bits per heavy atom. The highest BCUT2D eigenvalue weighted by Crippen LogP contribution is 2.31. The number of aromatic nitrogens is 2. The Labute approximate surface area is 112 Å². The van der Waals surface area contributed by atoms with Gasteiger partial charge in [-0.3, -0.25) is 0 Å². The standard InChI is InChI=1S/C12H10F3N3S/c13-12(14,15)9-6-10(18-11(16)17-9)19-7-8-4-2-1-3-5-8/h1-6H,7H2,(H2,16,17,18). The Bertz CT molecular complexity index is 558. The average molecular weight is 285 g/mol. The minimum atomic E-state index is -4.51. The van der Waals surface area contributed by atoms with Crippen LogP contribution in [0.2, 0.25) is 0 Å². The van der Waals surface area contributed by atoms with Crippen molar-refractivity contribution in [3.05, 3.63) is 47.7 Å². The zero-order valence-electron chi connectivity index (χ0n) is 9.69. The van der Waals surface area contributed by atoms with Crippen LogP contribution in [0.5, 0.6) is 0 Å². The fourth-order valence-electron chi connectivity index (χ4n) is 1.39. The van der Waals surface area contributed by atoms with Crippen molar-refractivity contribution in [1.29, 1.82) is 0 Å². The van der Waals surface area contributed by atoms with Crippen molar-refractivity contribution < 1.29 is 13.2 Å². The first kappa shape index (κ1) is 13.7. The number of alkyl halides is 3. The molecule has 2 aromatic rings. The van der Waals surface area contributed by atoms with Crippen LogP contribution in [0.1, 0.15) is 11.3 Å². The van der Waals surface area contributed by atoms with E-state index in [-0.39, 0.29) is 11.0 Å². The van der Waals surface area contributed by atoms with E-state index < -0.39 is 11.9 Å². The minimum absolute atomic E-state index is 0.212. The molecule has 0 saturated heterocycles. The predicted octanol–water partition coefficient (Wildman–Crippen LogP) is 3.37. The summed E-state index contributed by atoms with van der Waals surface area (Å²) in [6, 6.07) is 10.3. The van der Waals surface area contributed by atoms with Gasteiger partial charge in [-0.2, -0.15) is 13.2 Å². The summed E-state index contributed by atoms with van der Waals surface area (Å²) in [6.45, 7) is 0. The third kappa shape index (κ3) is 3.85. The number of halogens is 3. The summed E-state index contributed by atoms with van der Waals surface area (Å²) in [6.07, 6.45) is -4.51. The SMILES string of the molecule is Nc1nc(SCc2ccccc2)cc(C(F)(F)F)n1. The Morgan fingerprint density at radius 2 is 1.79 bits per heavy atom. The molecule has 0 aliphatic rings. The minimum Gasteiger partial charge on any atom is -0.368 e. The van der Waals surface area contributed by atoms with E-state index >= 15 is 0 Å². The molecule has 2 rings (SSSR count). The zero-order chi connectivity index (χ0) is 13.9. The fourth-order valence-corrected chi connectivity index (χ4v) is 2.25. The molecule has 1 aromatic carbocycles. The third-order valence-electron chi connectivity index (χ3n) is 2.24. The van der Waals surface area contributed by atoms with Gasteiger partial charge >= 0.3 is 6.18 Å². The summed E-state index contributed by atoms with van der Waals surface area (Å²) < 4.78 is 37.7. The second-order valence-electron chi connectivity index (χ2n) is 3.72. The van der Waals surface area contributed by atoms with Gasteiger partial charge in [-0.25, -0.2) is 9.97 Å². The Kier molecular flexibility index (Phi) is 3.94. The monoisotopic (exact) mass is 285 g/mol. The normalized spacial score (nSPS) is 11.5. The van der Waals surface area contributed by atoms with Crippen molar-refractivity contribution in [2.24, 2.45) is 0 Å². The van der Waals surface area contributed by atoms with Gasteiger partial charge in [0.25, 0.3) is 0 Å². The summed E-state index contributed by atoms with van der Waals surface area (Å²) in [5.74, 6) is 0.152. The van der Waals surface area contributed by atoms with Gasteiger partial charge in [-0.15, -0.1) is 11.8 Å². The first-order chi connectivity index (χ1) is 8.95. The van der Waals surface area contributed by atoms with E-state index in [0.717, 1.165) is 11.6 Å². The number of anilines is 1. The molecular weight excluding hydrogens is 275 g/mol. The predicted molar refractivity (Wildman–Crippen MR) is 67.4 cm³/mol. The van der Waals surface area contributed by atoms with Crippen LogP contribution in [-0.2, 0) is 11.9 Å². The van der Waals surface area contributed by atoms with Gasteiger partial charge in [0.15, 0.2) is 5.69 Å². The summed E-state index contributed by atoms with van der Waals surface area (Å²) in [7, 11) is 0. The summed E-state index contributed by atoms with van der Waals surface area (Å²) in [5.41, 5.74) is 5.27. The van der Waals surface area contributed by atoms with E-state index in [2.05, 4.69) is 9.97 Å². The molecule has 19 heavy (non-hydrogen) atoms. The molecule has 2 N–H and O–H groups in total. The lowest BCUT2D eigenvalue weighted by Gasteiger charge is -2.08. The molecule has 1 heterocycles. The van der Waals surface area contributed by atoms with Crippen molar-refractivity contribution >= 4 is 17.7 Å². The number of benzene rings is 1. The van der Waals surface area contributed by atoms with E-state index in [1.54, 1.807) is 0 Å². The Balaban J connectivity index is 2.15. The molecule has 0 amide bonds. The third-order valence-corrected chi connectivity index (χ3v) is 3.22. The first-order valence-corrected chi connectivity index (χ1v) is 6.32. The van der Waals surface area contributed by atoms with Gasteiger partial charge in [0.1, 0.15) is 5.03 Å². The van der Waals surface area contributed by atoms with E-state index in [0.29, 0.717) is 5.75 Å². The van der Waals surface area contributed by atoms with Gasteiger partial charge < -0.3 is 5.73 Å². The smallest absolute Gasteiger partial charge is 0.368 e. The average Bonchev–Trinajstić information content (AvgIpc) is 2.36. The largest absolute Gasteiger partial charge is 0.433 e. The van der Waals surface area contributed by atoms with E-state index in [1.807, 2.05) is 30.3 Å². The number of thioether (sulfide) groups is 1. The molecule has 0 aliphatic heterocycles. The van der Waals surface area contributed by atoms with E-state index in [9.17, 15) is 13.2 Å². The quantitative estimate of drug-likeness (QED) is 0.694. The van der Waals surface area contributed by atoms with Gasteiger partial charge in [0.2, 0.25) is 5.95 Å². The molecule has 0 spiro atoms. The van der Waals surface area contributed by atoms with Crippen LogP contribution in [0, 0.1) is 0 Å². The lowest BCUT2D eigenvalue weighted by atomic mass is 10.2.